The van der Waals surface area contributed by atoms with Crippen LogP contribution in [0.5, 0.6) is 0 Å². The molecule has 0 aliphatic rings. The molecule has 4 heteroatoms. The van der Waals surface area contributed by atoms with Crippen molar-refractivity contribution in [2.75, 3.05) is 0 Å². The normalized spacial score (nSPS) is 13.0. The van der Waals surface area contributed by atoms with Gasteiger partial charge in [0.1, 0.15) is 0 Å². The van der Waals surface area contributed by atoms with Gasteiger partial charge in [-0.25, -0.2) is 0 Å². The number of halogens is 2. The number of hydrogen-bond acceptors (Lipinski definition) is 2. The summed E-state index contributed by atoms with van der Waals surface area (Å²) < 4.78 is 0. The van der Waals surface area contributed by atoms with Crippen molar-refractivity contribution < 1.29 is 0 Å². The van der Waals surface area contributed by atoms with Gasteiger partial charge in [-0.3, -0.25) is 11.3 Å². The SMILES string of the molecule is CCCC(CCC)C(NN)c1ccc(Cl)c(Cl)c1. The Morgan fingerprint density at radius 2 is 1.72 bits per heavy atom. The fraction of sp³-hybridized carbons (Fsp3) is 0.571. The van der Waals surface area contributed by atoms with E-state index in [1.165, 1.54) is 0 Å². The van der Waals surface area contributed by atoms with E-state index in [1.54, 1.807) is 0 Å². The third kappa shape index (κ3) is 4.13. The molecule has 0 bridgehead atoms. The molecule has 1 unspecified atom stereocenters. The van der Waals surface area contributed by atoms with E-state index in [0.29, 0.717) is 16.0 Å². The molecule has 0 amide bonds. The molecule has 1 aromatic rings. The van der Waals surface area contributed by atoms with Crippen LogP contribution < -0.4 is 11.3 Å². The summed E-state index contributed by atoms with van der Waals surface area (Å²) in [6, 6.07) is 5.88. The molecule has 1 atom stereocenters. The lowest BCUT2D eigenvalue weighted by molar-refractivity contribution is 0.319. The maximum atomic E-state index is 6.07. The summed E-state index contributed by atoms with van der Waals surface area (Å²) in [6.07, 6.45) is 4.63. The number of nitrogens with two attached hydrogens (primary N) is 1. The van der Waals surface area contributed by atoms with Crippen LogP contribution in [0.1, 0.15) is 51.1 Å². The van der Waals surface area contributed by atoms with Gasteiger partial charge < -0.3 is 0 Å². The number of benzene rings is 1. The molecule has 102 valence electrons. The van der Waals surface area contributed by atoms with E-state index >= 15 is 0 Å². The molecule has 0 aliphatic heterocycles. The Bertz CT molecular complexity index is 363. The quantitative estimate of drug-likeness (QED) is 0.563. The minimum absolute atomic E-state index is 0.139. The highest BCUT2D eigenvalue weighted by molar-refractivity contribution is 6.42. The standard InChI is InChI=1S/C14H22Cl2N2/c1-3-5-10(6-4-2)14(18-17)11-7-8-12(15)13(16)9-11/h7-10,14,18H,3-6,17H2,1-2H3. The van der Waals surface area contributed by atoms with E-state index in [9.17, 15) is 0 Å². The minimum Gasteiger partial charge on any atom is -0.271 e. The van der Waals surface area contributed by atoms with Crippen LogP contribution >= 0.6 is 23.2 Å². The molecule has 1 rings (SSSR count). The third-order valence-corrected chi connectivity index (χ3v) is 4.01. The lowest BCUT2D eigenvalue weighted by Crippen LogP contribution is -2.33. The second-order valence-corrected chi connectivity index (χ2v) is 5.47. The first-order valence-corrected chi connectivity index (χ1v) is 7.30. The Balaban J connectivity index is 2.94. The van der Waals surface area contributed by atoms with Gasteiger partial charge in [0.2, 0.25) is 0 Å². The monoisotopic (exact) mass is 288 g/mol. The minimum atomic E-state index is 0.139. The number of rotatable bonds is 7. The fourth-order valence-electron chi connectivity index (χ4n) is 2.43. The lowest BCUT2D eigenvalue weighted by Gasteiger charge is -2.26. The number of hydrazine groups is 1. The molecule has 0 aromatic heterocycles. The first-order chi connectivity index (χ1) is 8.63. The van der Waals surface area contributed by atoms with Crippen LogP contribution in [0.3, 0.4) is 0 Å². The van der Waals surface area contributed by atoms with Gasteiger partial charge in [0.25, 0.3) is 0 Å². The Labute approximate surface area is 120 Å². The molecule has 0 saturated carbocycles. The maximum Gasteiger partial charge on any atom is 0.0595 e. The Morgan fingerprint density at radius 3 is 2.17 bits per heavy atom. The van der Waals surface area contributed by atoms with Gasteiger partial charge in [0, 0.05) is 6.04 Å². The zero-order chi connectivity index (χ0) is 13.5. The third-order valence-electron chi connectivity index (χ3n) is 3.27. The summed E-state index contributed by atoms with van der Waals surface area (Å²) in [4.78, 5) is 0. The van der Waals surface area contributed by atoms with Crippen LogP contribution in [0.2, 0.25) is 10.0 Å². The predicted molar refractivity (Wildman–Crippen MR) is 79.8 cm³/mol. The van der Waals surface area contributed by atoms with Gasteiger partial charge in [-0.15, -0.1) is 0 Å². The fourth-order valence-corrected chi connectivity index (χ4v) is 2.74. The van der Waals surface area contributed by atoms with Gasteiger partial charge in [0.15, 0.2) is 0 Å². The summed E-state index contributed by atoms with van der Waals surface area (Å²) in [6.45, 7) is 4.40. The van der Waals surface area contributed by atoms with E-state index in [4.69, 9.17) is 29.0 Å². The average Bonchev–Trinajstić information content (AvgIpc) is 2.35. The smallest absolute Gasteiger partial charge is 0.0595 e. The van der Waals surface area contributed by atoms with Crippen LogP contribution in [-0.2, 0) is 0 Å². The van der Waals surface area contributed by atoms with E-state index in [2.05, 4.69) is 19.3 Å². The van der Waals surface area contributed by atoms with Crippen molar-refractivity contribution in [2.24, 2.45) is 11.8 Å². The Kier molecular flexibility index (Phi) is 7.02. The summed E-state index contributed by atoms with van der Waals surface area (Å²) in [5.74, 6) is 6.26. The summed E-state index contributed by atoms with van der Waals surface area (Å²) >= 11 is 12.0. The molecular weight excluding hydrogens is 267 g/mol. The van der Waals surface area contributed by atoms with Gasteiger partial charge >= 0.3 is 0 Å². The van der Waals surface area contributed by atoms with Crippen LogP contribution in [0, 0.1) is 5.92 Å². The highest BCUT2D eigenvalue weighted by Crippen LogP contribution is 2.32. The number of hydrogen-bond donors (Lipinski definition) is 2. The van der Waals surface area contributed by atoms with Crippen LogP contribution in [-0.4, -0.2) is 0 Å². The van der Waals surface area contributed by atoms with Crippen molar-refractivity contribution in [1.29, 1.82) is 0 Å². The van der Waals surface area contributed by atoms with Crippen molar-refractivity contribution in [3.05, 3.63) is 33.8 Å². The van der Waals surface area contributed by atoms with Gasteiger partial charge in [-0.1, -0.05) is 56.0 Å². The molecule has 0 aliphatic carbocycles. The van der Waals surface area contributed by atoms with Crippen LogP contribution in [0.4, 0.5) is 0 Å². The summed E-state index contributed by atoms with van der Waals surface area (Å²) in [7, 11) is 0. The number of nitrogens with one attached hydrogen (secondary N) is 1. The zero-order valence-corrected chi connectivity index (χ0v) is 12.6. The first-order valence-electron chi connectivity index (χ1n) is 6.55. The van der Waals surface area contributed by atoms with Crippen LogP contribution in [0.15, 0.2) is 18.2 Å². The maximum absolute atomic E-state index is 6.07. The van der Waals surface area contributed by atoms with Gasteiger partial charge in [0.05, 0.1) is 10.0 Å². The highest BCUT2D eigenvalue weighted by atomic mass is 35.5. The van der Waals surface area contributed by atoms with Crippen molar-refractivity contribution in [3.63, 3.8) is 0 Å². The van der Waals surface area contributed by atoms with Crippen molar-refractivity contribution in [2.45, 2.75) is 45.6 Å². The predicted octanol–water partition coefficient (Wildman–Crippen LogP) is 4.71. The lowest BCUT2D eigenvalue weighted by atomic mass is 9.86. The van der Waals surface area contributed by atoms with Crippen molar-refractivity contribution in [3.8, 4) is 0 Å². The molecule has 3 N–H and O–H groups in total. The summed E-state index contributed by atoms with van der Waals surface area (Å²) in [5.41, 5.74) is 4.04. The average molecular weight is 289 g/mol. The van der Waals surface area contributed by atoms with E-state index in [-0.39, 0.29) is 6.04 Å². The summed E-state index contributed by atoms with van der Waals surface area (Å²) in [5, 5.41) is 1.17. The molecule has 18 heavy (non-hydrogen) atoms. The molecular formula is C14H22Cl2N2. The van der Waals surface area contributed by atoms with Gasteiger partial charge in [-0.05, 0) is 36.5 Å². The molecule has 0 radical (unpaired) electrons. The molecule has 2 nitrogen and oxygen atoms in total. The second-order valence-electron chi connectivity index (χ2n) is 4.66. The van der Waals surface area contributed by atoms with E-state index < -0.39 is 0 Å². The van der Waals surface area contributed by atoms with E-state index in [0.717, 1.165) is 31.2 Å². The second kappa shape index (κ2) is 8.00. The molecule has 0 spiro atoms. The Morgan fingerprint density at radius 1 is 1.11 bits per heavy atom. The zero-order valence-electron chi connectivity index (χ0n) is 11.0. The highest BCUT2D eigenvalue weighted by Gasteiger charge is 2.21. The van der Waals surface area contributed by atoms with Crippen molar-refractivity contribution >= 4 is 23.2 Å². The molecule has 0 fully saturated rings. The topological polar surface area (TPSA) is 38.0 Å². The molecule has 1 aromatic carbocycles. The van der Waals surface area contributed by atoms with Gasteiger partial charge in [-0.2, -0.15) is 0 Å². The molecule has 0 saturated heterocycles. The first kappa shape index (κ1) is 15.8. The van der Waals surface area contributed by atoms with Crippen molar-refractivity contribution in [1.82, 2.24) is 5.43 Å². The largest absolute Gasteiger partial charge is 0.271 e. The van der Waals surface area contributed by atoms with Crippen LogP contribution in [0.25, 0.3) is 0 Å². The molecule has 0 heterocycles. The van der Waals surface area contributed by atoms with E-state index in [1.807, 2.05) is 18.2 Å². The Hall–Kier alpha value is -0.280.